The highest BCUT2D eigenvalue weighted by molar-refractivity contribution is 6.03. The zero-order valence-electron chi connectivity index (χ0n) is 14.0. The molecule has 0 radical (unpaired) electrons. The van der Waals surface area contributed by atoms with E-state index in [1.54, 1.807) is 19.4 Å². The van der Waals surface area contributed by atoms with Crippen LogP contribution in [0.15, 0.2) is 36.5 Å². The summed E-state index contributed by atoms with van der Waals surface area (Å²) in [6, 6.07) is 9.58. The molecule has 0 bridgehead atoms. The van der Waals surface area contributed by atoms with Gasteiger partial charge in [-0.2, -0.15) is 0 Å². The Kier molecular flexibility index (Phi) is 5.57. The summed E-state index contributed by atoms with van der Waals surface area (Å²) in [5.74, 6) is 0.364. The molecule has 122 valence electrons. The number of ether oxygens (including phenoxy) is 1. The molecule has 23 heavy (non-hydrogen) atoms. The van der Waals surface area contributed by atoms with Crippen LogP contribution in [0.1, 0.15) is 36.3 Å². The zero-order valence-corrected chi connectivity index (χ0v) is 14.0. The maximum Gasteiger partial charge on any atom is 0.274 e. The van der Waals surface area contributed by atoms with Gasteiger partial charge in [-0.1, -0.05) is 13.0 Å². The van der Waals surface area contributed by atoms with Crippen molar-refractivity contribution < 1.29 is 9.53 Å². The Morgan fingerprint density at radius 1 is 1.30 bits per heavy atom. The van der Waals surface area contributed by atoms with Crippen molar-refractivity contribution in [3.63, 3.8) is 0 Å². The van der Waals surface area contributed by atoms with E-state index in [1.165, 1.54) is 0 Å². The highest BCUT2D eigenvalue weighted by Crippen LogP contribution is 2.25. The van der Waals surface area contributed by atoms with Crippen molar-refractivity contribution in [2.45, 2.75) is 33.2 Å². The topological polar surface area (TPSA) is 63.2 Å². The lowest BCUT2D eigenvalue weighted by molar-refractivity contribution is 0.102. The summed E-state index contributed by atoms with van der Waals surface area (Å²) in [6.07, 6.45) is 2.70. The molecule has 1 aromatic heterocycles. The van der Waals surface area contributed by atoms with Crippen LogP contribution in [0.5, 0.6) is 5.75 Å². The molecule has 5 nitrogen and oxygen atoms in total. The molecular formula is C18H23N3O2. The minimum atomic E-state index is -0.260. The Balaban J connectivity index is 2.10. The van der Waals surface area contributed by atoms with E-state index in [1.807, 2.05) is 31.2 Å². The summed E-state index contributed by atoms with van der Waals surface area (Å²) >= 11 is 0. The lowest BCUT2D eigenvalue weighted by atomic mass is 10.2. The molecule has 5 heteroatoms. The van der Waals surface area contributed by atoms with E-state index in [2.05, 4.69) is 29.5 Å². The number of rotatable bonds is 6. The number of hydrogen-bond acceptors (Lipinski definition) is 4. The van der Waals surface area contributed by atoms with Crippen molar-refractivity contribution in [2.75, 3.05) is 17.7 Å². The van der Waals surface area contributed by atoms with E-state index in [-0.39, 0.29) is 5.91 Å². The molecule has 2 aromatic rings. The quantitative estimate of drug-likeness (QED) is 0.850. The molecule has 0 fully saturated rings. The van der Waals surface area contributed by atoms with Crippen molar-refractivity contribution in [1.82, 2.24) is 4.98 Å². The Labute approximate surface area is 137 Å². The first-order chi connectivity index (χ1) is 11.0. The van der Waals surface area contributed by atoms with Crippen LogP contribution in [-0.4, -0.2) is 24.0 Å². The van der Waals surface area contributed by atoms with Crippen LogP contribution in [0.3, 0.4) is 0 Å². The zero-order chi connectivity index (χ0) is 16.8. The van der Waals surface area contributed by atoms with Crippen LogP contribution in [-0.2, 0) is 0 Å². The van der Waals surface area contributed by atoms with Gasteiger partial charge in [-0.05, 0) is 50.1 Å². The van der Waals surface area contributed by atoms with Gasteiger partial charge in [-0.3, -0.25) is 4.79 Å². The number of carbonyl (C=O) groups is 1. The summed E-state index contributed by atoms with van der Waals surface area (Å²) in [5.41, 5.74) is 2.95. The van der Waals surface area contributed by atoms with Gasteiger partial charge in [0.1, 0.15) is 11.4 Å². The summed E-state index contributed by atoms with van der Waals surface area (Å²) < 4.78 is 5.27. The Morgan fingerprint density at radius 3 is 2.70 bits per heavy atom. The van der Waals surface area contributed by atoms with Gasteiger partial charge < -0.3 is 15.4 Å². The molecule has 2 N–H and O–H groups in total. The molecule has 0 aliphatic carbocycles. The van der Waals surface area contributed by atoms with Gasteiger partial charge in [0.25, 0.3) is 5.91 Å². The van der Waals surface area contributed by atoms with Crippen LogP contribution in [0, 0.1) is 6.92 Å². The van der Waals surface area contributed by atoms with Gasteiger partial charge in [0, 0.05) is 6.04 Å². The Hall–Kier alpha value is -2.56. The molecule has 2 rings (SSSR count). The second-order valence-electron chi connectivity index (χ2n) is 5.54. The highest BCUT2D eigenvalue weighted by atomic mass is 16.5. The number of nitrogens with zero attached hydrogens (tertiary/aromatic N) is 1. The van der Waals surface area contributed by atoms with Gasteiger partial charge in [-0.25, -0.2) is 4.98 Å². The van der Waals surface area contributed by atoms with Gasteiger partial charge in [-0.15, -0.1) is 0 Å². The van der Waals surface area contributed by atoms with Crippen molar-refractivity contribution in [1.29, 1.82) is 0 Å². The van der Waals surface area contributed by atoms with Crippen LogP contribution < -0.4 is 15.4 Å². The third-order valence-electron chi connectivity index (χ3n) is 3.62. The number of nitrogens with one attached hydrogen (secondary N) is 2. The lowest BCUT2D eigenvalue weighted by Gasteiger charge is -2.13. The van der Waals surface area contributed by atoms with Gasteiger partial charge in [0.05, 0.1) is 24.7 Å². The minimum Gasteiger partial charge on any atom is -0.495 e. The molecule has 0 saturated carbocycles. The fraction of sp³-hybridized carbons (Fsp3) is 0.333. The van der Waals surface area contributed by atoms with Crippen LogP contribution >= 0.6 is 0 Å². The predicted octanol–water partition coefficient (Wildman–Crippen LogP) is 3.86. The van der Waals surface area contributed by atoms with E-state index in [9.17, 15) is 4.79 Å². The van der Waals surface area contributed by atoms with Crippen molar-refractivity contribution in [2.24, 2.45) is 0 Å². The van der Waals surface area contributed by atoms with Gasteiger partial charge >= 0.3 is 0 Å². The number of methoxy groups -OCH3 is 1. The van der Waals surface area contributed by atoms with Gasteiger partial charge in [0.15, 0.2) is 0 Å². The van der Waals surface area contributed by atoms with E-state index < -0.39 is 0 Å². The normalized spacial score (nSPS) is 11.7. The largest absolute Gasteiger partial charge is 0.495 e. The fourth-order valence-electron chi connectivity index (χ4n) is 2.11. The fourth-order valence-corrected chi connectivity index (χ4v) is 2.11. The van der Waals surface area contributed by atoms with Crippen molar-refractivity contribution in [3.05, 3.63) is 47.8 Å². The first-order valence-corrected chi connectivity index (χ1v) is 7.72. The molecule has 1 heterocycles. The second-order valence-corrected chi connectivity index (χ2v) is 5.54. The second kappa shape index (κ2) is 7.63. The average molecular weight is 313 g/mol. The maximum absolute atomic E-state index is 12.3. The number of amides is 1. The predicted molar refractivity (Wildman–Crippen MR) is 93.3 cm³/mol. The summed E-state index contributed by atoms with van der Waals surface area (Å²) in [6.45, 7) is 6.18. The molecule has 1 atom stereocenters. The van der Waals surface area contributed by atoms with Crippen molar-refractivity contribution in [3.8, 4) is 5.75 Å². The lowest BCUT2D eigenvalue weighted by Crippen LogP contribution is -2.16. The average Bonchev–Trinajstić information content (AvgIpc) is 2.55. The molecule has 0 saturated heterocycles. The molecule has 0 spiro atoms. The highest BCUT2D eigenvalue weighted by Gasteiger charge is 2.11. The van der Waals surface area contributed by atoms with E-state index in [4.69, 9.17) is 4.74 Å². The smallest absolute Gasteiger partial charge is 0.274 e. The monoisotopic (exact) mass is 313 g/mol. The number of pyridine rings is 1. The number of aryl methyl sites for hydroxylation is 1. The number of hydrogen-bond donors (Lipinski definition) is 2. The Morgan fingerprint density at radius 2 is 2.09 bits per heavy atom. The summed E-state index contributed by atoms with van der Waals surface area (Å²) in [7, 11) is 1.58. The molecule has 0 aliphatic rings. The Bertz CT molecular complexity index is 668. The summed E-state index contributed by atoms with van der Waals surface area (Å²) in [5, 5.41) is 6.16. The standard InChI is InChI=1S/C18H23N3O2/c1-5-13(3)20-14-7-8-15(19-11-14)18(22)21-16-10-12(2)6-9-17(16)23-4/h6-11,13,20H,5H2,1-4H3,(H,21,22). The third-order valence-corrected chi connectivity index (χ3v) is 3.62. The molecule has 1 unspecified atom stereocenters. The molecule has 1 aromatic carbocycles. The maximum atomic E-state index is 12.3. The first-order valence-electron chi connectivity index (χ1n) is 7.72. The van der Waals surface area contributed by atoms with Crippen LogP contribution in [0.25, 0.3) is 0 Å². The van der Waals surface area contributed by atoms with E-state index in [0.29, 0.717) is 23.2 Å². The molecule has 1 amide bonds. The SMILES string of the molecule is CCC(C)Nc1ccc(C(=O)Nc2cc(C)ccc2OC)nc1. The van der Waals surface area contributed by atoms with Gasteiger partial charge in [0.2, 0.25) is 0 Å². The molecule has 0 aliphatic heterocycles. The third kappa shape index (κ3) is 4.45. The number of carbonyl (C=O) groups excluding carboxylic acids is 1. The summed E-state index contributed by atoms with van der Waals surface area (Å²) in [4.78, 5) is 16.6. The minimum absolute atomic E-state index is 0.260. The van der Waals surface area contributed by atoms with E-state index in [0.717, 1.165) is 17.7 Å². The number of benzene rings is 1. The first kappa shape index (κ1) is 16.8. The van der Waals surface area contributed by atoms with Crippen LogP contribution in [0.4, 0.5) is 11.4 Å². The van der Waals surface area contributed by atoms with E-state index >= 15 is 0 Å². The number of aromatic nitrogens is 1. The van der Waals surface area contributed by atoms with Crippen molar-refractivity contribution >= 4 is 17.3 Å². The number of anilines is 2. The van der Waals surface area contributed by atoms with Crippen LogP contribution in [0.2, 0.25) is 0 Å². The molecular weight excluding hydrogens is 290 g/mol.